The van der Waals surface area contributed by atoms with Gasteiger partial charge in [0.2, 0.25) is 0 Å². The number of allylic oxidation sites excluding steroid dienone is 2. The van der Waals surface area contributed by atoms with Crippen LogP contribution >= 0.6 is 11.3 Å². The van der Waals surface area contributed by atoms with E-state index in [1.54, 1.807) is 6.33 Å². The maximum Gasteiger partial charge on any atom is 0.116 e. The Morgan fingerprint density at radius 3 is 2.73 bits per heavy atom. The molecule has 2 heterocycles. The Balaban J connectivity index is 2.32. The molecule has 0 atom stereocenters. The third-order valence-corrected chi connectivity index (χ3v) is 5.30. The predicted octanol–water partition coefficient (Wildman–Crippen LogP) is 5.86. The van der Waals surface area contributed by atoms with Gasteiger partial charge in [-0.15, -0.1) is 11.3 Å². The van der Waals surface area contributed by atoms with Gasteiger partial charge in [-0.1, -0.05) is 45.0 Å². The first kappa shape index (κ1) is 15.2. The Hall–Kier alpha value is -1.74. The topological polar surface area (TPSA) is 25.8 Å². The average molecular weight is 310 g/mol. The zero-order valence-electron chi connectivity index (χ0n) is 13.7. The molecule has 0 spiro atoms. The zero-order valence-corrected chi connectivity index (χ0v) is 14.5. The summed E-state index contributed by atoms with van der Waals surface area (Å²) < 4.78 is 2.60. The summed E-state index contributed by atoms with van der Waals surface area (Å²) in [5.74, 6) is 0.656. The van der Waals surface area contributed by atoms with Crippen molar-refractivity contribution in [1.29, 1.82) is 0 Å². The minimum atomic E-state index is 0.656. The van der Waals surface area contributed by atoms with Crippen molar-refractivity contribution in [2.45, 2.75) is 40.5 Å². The summed E-state index contributed by atoms with van der Waals surface area (Å²) in [6.07, 6.45) is 5.98. The highest BCUT2D eigenvalue weighted by molar-refractivity contribution is 7.26. The average Bonchev–Trinajstić information content (AvgIpc) is 2.89. The number of thiophene rings is 1. The lowest BCUT2D eigenvalue weighted by atomic mass is 10.0. The molecule has 3 aromatic rings. The lowest BCUT2D eigenvalue weighted by Crippen LogP contribution is -1.93. The van der Waals surface area contributed by atoms with Gasteiger partial charge < -0.3 is 0 Å². The van der Waals surface area contributed by atoms with E-state index in [2.05, 4.69) is 61.9 Å². The fourth-order valence-electron chi connectivity index (χ4n) is 2.99. The van der Waals surface area contributed by atoms with Crippen LogP contribution in [0.5, 0.6) is 0 Å². The van der Waals surface area contributed by atoms with E-state index in [1.807, 2.05) is 11.3 Å². The molecular weight excluding hydrogens is 288 g/mol. The Morgan fingerprint density at radius 1 is 1.23 bits per heavy atom. The van der Waals surface area contributed by atoms with Gasteiger partial charge in [-0.2, -0.15) is 0 Å². The lowest BCUT2D eigenvalue weighted by molar-refractivity contribution is 0.650. The summed E-state index contributed by atoms with van der Waals surface area (Å²) in [5.41, 5.74) is 4.93. The fraction of sp³-hybridized carbons (Fsp3) is 0.368. The van der Waals surface area contributed by atoms with Crippen LogP contribution in [0.3, 0.4) is 0 Å². The van der Waals surface area contributed by atoms with Crippen molar-refractivity contribution in [2.24, 2.45) is 5.92 Å². The van der Waals surface area contributed by atoms with E-state index in [-0.39, 0.29) is 0 Å². The summed E-state index contributed by atoms with van der Waals surface area (Å²) in [4.78, 5) is 9.14. The molecule has 0 aliphatic carbocycles. The monoisotopic (exact) mass is 310 g/mol. The highest BCUT2D eigenvalue weighted by Crippen LogP contribution is 2.38. The second kappa shape index (κ2) is 6.17. The molecule has 3 rings (SSSR count). The molecule has 0 amide bonds. The molecule has 0 fully saturated rings. The van der Waals surface area contributed by atoms with Crippen LogP contribution in [0.2, 0.25) is 0 Å². The van der Waals surface area contributed by atoms with Crippen molar-refractivity contribution in [1.82, 2.24) is 9.97 Å². The van der Waals surface area contributed by atoms with Crippen LogP contribution in [-0.4, -0.2) is 9.97 Å². The summed E-state index contributed by atoms with van der Waals surface area (Å²) >= 11 is 1.85. The Kier molecular flexibility index (Phi) is 4.25. The van der Waals surface area contributed by atoms with Crippen molar-refractivity contribution in [3.05, 3.63) is 41.9 Å². The second-order valence-electron chi connectivity index (χ2n) is 6.06. The van der Waals surface area contributed by atoms with Crippen molar-refractivity contribution < 1.29 is 0 Å². The van der Waals surface area contributed by atoms with Crippen LogP contribution in [-0.2, 0) is 6.42 Å². The van der Waals surface area contributed by atoms with Gasteiger partial charge in [0, 0.05) is 10.1 Å². The number of hydrogen-bond acceptors (Lipinski definition) is 3. The van der Waals surface area contributed by atoms with Gasteiger partial charge in [0.15, 0.2) is 0 Å². The van der Waals surface area contributed by atoms with Gasteiger partial charge in [-0.05, 0) is 36.8 Å². The van der Waals surface area contributed by atoms with Gasteiger partial charge in [-0.3, -0.25) is 0 Å². The normalized spacial score (nSPS) is 12.7. The molecule has 0 bridgehead atoms. The van der Waals surface area contributed by atoms with Crippen molar-refractivity contribution in [2.75, 3.05) is 0 Å². The number of aromatic nitrogens is 2. The van der Waals surface area contributed by atoms with E-state index in [0.29, 0.717) is 5.92 Å². The third-order valence-electron chi connectivity index (χ3n) is 4.02. The predicted molar refractivity (Wildman–Crippen MR) is 97.4 cm³/mol. The Morgan fingerprint density at radius 2 is 2.05 bits per heavy atom. The molecule has 0 aliphatic rings. The Bertz CT molecular complexity index is 843. The number of benzene rings is 1. The molecule has 0 saturated heterocycles. The van der Waals surface area contributed by atoms with Gasteiger partial charge in [-0.25, -0.2) is 9.97 Å². The SMILES string of the molecule is C/C=C(\CC)c1ncnc2c1sc1c(CC(C)C)cccc12. The van der Waals surface area contributed by atoms with Crippen LogP contribution in [0.15, 0.2) is 30.6 Å². The van der Waals surface area contributed by atoms with Crippen molar-refractivity contribution in [3.63, 3.8) is 0 Å². The van der Waals surface area contributed by atoms with E-state index in [9.17, 15) is 0 Å². The van der Waals surface area contributed by atoms with E-state index >= 15 is 0 Å². The summed E-state index contributed by atoms with van der Waals surface area (Å²) in [5, 5.41) is 1.27. The van der Waals surface area contributed by atoms with Crippen LogP contribution < -0.4 is 0 Å². The van der Waals surface area contributed by atoms with Crippen molar-refractivity contribution in [3.8, 4) is 0 Å². The maximum atomic E-state index is 4.57. The largest absolute Gasteiger partial charge is 0.235 e. The summed E-state index contributed by atoms with van der Waals surface area (Å²) in [7, 11) is 0. The quantitative estimate of drug-likeness (QED) is 0.603. The second-order valence-corrected chi connectivity index (χ2v) is 7.08. The van der Waals surface area contributed by atoms with Crippen molar-refractivity contribution >= 4 is 37.2 Å². The molecular formula is C19H22N2S. The third kappa shape index (κ3) is 2.54. The van der Waals surface area contributed by atoms with Gasteiger partial charge in [0.05, 0.1) is 15.9 Å². The van der Waals surface area contributed by atoms with Gasteiger partial charge in [0.1, 0.15) is 6.33 Å². The molecule has 22 heavy (non-hydrogen) atoms. The number of nitrogens with zero attached hydrogens (tertiary/aromatic N) is 2. The molecule has 3 heteroatoms. The summed E-state index contributed by atoms with van der Waals surface area (Å²) in [6.45, 7) is 8.81. The molecule has 114 valence electrons. The van der Waals surface area contributed by atoms with E-state index in [1.165, 1.54) is 25.9 Å². The van der Waals surface area contributed by atoms with Crippen LogP contribution in [0.1, 0.15) is 45.4 Å². The molecule has 2 aromatic heterocycles. The standard InChI is InChI=1S/C19H22N2S/c1-5-13(6-2)16-19-17(21-11-20-16)15-9-7-8-14(10-12(3)4)18(15)22-19/h5,7-9,11-12H,6,10H2,1-4H3/b13-5+. The maximum absolute atomic E-state index is 4.57. The minimum Gasteiger partial charge on any atom is -0.235 e. The molecule has 0 radical (unpaired) electrons. The molecule has 2 nitrogen and oxygen atoms in total. The minimum absolute atomic E-state index is 0.656. The molecule has 0 aliphatic heterocycles. The first-order valence-corrected chi connectivity index (χ1v) is 8.78. The molecule has 1 aromatic carbocycles. The highest BCUT2D eigenvalue weighted by atomic mass is 32.1. The van der Waals surface area contributed by atoms with Crippen LogP contribution in [0.4, 0.5) is 0 Å². The molecule has 0 saturated carbocycles. The molecule has 0 unspecified atom stereocenters. The molecule has 0 N–H and O–H groups in total. The lowest BCUT2D eigenvalue weighted by Gasteiger charge is -2.05. The van der Waals surface area contributed by atoms with Crippen LogP contribution in [0, 0.1) is 5.92 Å². The van der Waals surface area contributed by atoms with E-state index in [0.717, 1.165) is 24.1 Å². The first-order chi connectivity index (χ1) is 10.7. The zero-order chi connectivity index (χ0) is 15.7. The van der Waals surface area contributed by atoms with Gasteiger partial charge >= 0.3 is 0 Å². The Labute approximate surface area is 135 Å². The van der Waals surface area contributed by atoms with Gasteiger partial charge in [0.25, 0.3) is 0 Å². The number of rotatable bonds is 4. The van der Waals surface area contributed by atoms with Crippen LogP contribution in [0.25, 0.3) is 25.9 Å². The number of fused-ring (bicyclic) bond motifs is 3. The smallest absolute Gasteiger partial charge is 0.116 e. The fourth-order valence-corrected chi connectivity index (χ4v) is 4.29. The highest BCUT2D eigenvalue weighted by Gasteiger charge is 2.15. The summed E-state index contributed by atoms with van der Waals surface area (Å²) in [6, 6.07) is 6.60. The first-order valence-electron chi connectivity index (χ1n) is 7.96. The van der Waals surface area contributed by atoms with E-state index in [4.69, 9.17) is 0 Å². The van der Waals surface area contributed by atoms with E-state index < -0.39 is 0 Å². The number of hydrogen-bond donors (Lipinski definition) is 0.